The van der Waals surface area contributed by atoms with Crippen molar-refractivity contribution in [3.05, 3.63) is 45.4 Å². The molecule has 0 radical (unpaired) electrons. The van der Waals surface area contributed by atoms with E-state index in [0.717, 1.165) is 6.54 Å². The standard InChI is InChI=1S/C14H15ClN2S/c1-10-6-7-11-4-2-3-5-13(11)17(10)9-12-8-16-14(15)18-12/h2-5,8,10H,6-7,9H2,1H3. The molecule has 0 saturated carbocycles. The number of aryl methyl sites for hydroxylation is 1. The zero-order valence-electron chi connectivity index (χ0n) is 10.3. The lowest BCUT2D eigenvalue weighted by molar-refractivity contribution is 0.562. The number of benzene rings is 1. The number of hydrogen-bond donors (Lipinski definition) is 0. The van der Waals surface area contributed by atoms with Crippen molar-refractivity contribution in [2.45, 2.75) is 32.4 Å². The number of halogens is 1. The van der Waals surface area contributed by atoms with Crippen molar-refractivity contribution < 1.29 is 0 Å². The van der Waals surface area contributed by atoms with Gasteiger partial charge in [0.2, 0.25) is 0 Å². The van der Waals surface area contributed by atoms with Gasteiger partial charge in [-0.25, -0.2) is 4.98 Å². The quantitative estimate of drug-likeness (QED) is 0.821. The van der Waals surface area contributed by atoms with E-state index in [1.165, 1.54) is 29.0 Å². The van der Waals surface area contributed by atoms with Gasteiger partial charge in [0, 0.05) is 22.8 Å². The molecule has 18 heavy (non-hydrogen) atoms. The Labute approximate surface area is 116 Å². The van der Waals surface area contributed by atoms with Crippen LogP contribution in [-0.2, 0) is 13.0 Å². The molecule has 2 aromatic rings. The number of hydrogen-bond acceptors (Lipinski definition) is 3. The maximum atomic E-state index is 5.90. The lowest BCUT2D eigenvalue weighted by Gasteiger charge is -2.36. The van der Waals surface area contributed by atoms with Crippen molar-refractivity contribution in [1.29, 1.82) is 0 Å². The summed E-state index contributed by atoms with van der Waals surface area (Å²) in [4.78, 5) is 7.81. The van der Waals surface area contributed by atoms with Crippen LogP contribution in [0.4, 0.5) is 5.69 Å². The fraction of sp³-hybridized carbons (Fsp3) is 0.357. The Morgan fingerprint density at radius 2 is 2.28 bits per heavy atom. The zero-order valence-corrected chi connectivity index (χ0v) is 11.8. The van der Waals surface area contributed by atoms with E-state index in [4.69, 9.17) is 11.6 Å². The minimum absolute atomic E-state index is 0.570. The highest BCUT2D eigenvalue weighted by atomic mass is 35.5. The Hall–Kier alpha value is -1.06. The Kier molecular flexibility index (Phi) is 3.27. The van der Waals surface area contributed by atoms with Crippen LogP contribution >= 0.6 is 22.9 Å². The third-order valence-electron chi connectivity index (χ3n) is 3.52. The average molecular weight is 279 g/mol. The van der Waals surface area contributed by atoms with E-state index in [1.807, 2.05) is 6.20 Å². The molecule has 0 aliphatic carbocycles. The number of para-hydroxylation sites is 1. The molecule has 1 aromatic heterocycles. The van der Waals surface area contributed by atoms with Crippen LogP contribution in [0.5, 0.6) is 0 Å². The largest absolute Gasteiger partial charge is 0.363 e. The van der Waals surface area contributed by atoms with Gasteiger partial charge < -0.3 is 4.90 Å². The van der Waals surface area contributed by atoms with Gasteiger partial charge in [-0.2, -0.15) is 0 Å². The van der Waals surface area contributed by atoms with Crippen molar-refractivity contribution in [2.24, 2.45) is 0 Å². The molecule has 0 N–H and O–H groups in total. The predicted molar refractivity (Wildman–Crippen MR) is 77.5 cm³/mol. The molecule has 2 heterocycles. The SMILES string of the molecule is CC1CCc2ccccc2N1Cc1cnc(Cl)s1. The normalized spacial score (nSPS) is 18.8. The highest BCUT2D eigenvalue weighted by Gasteiger charge is 2.23. The number of fused-ring (bicyclic) bond motifs is 1. The first-order chi connectivity index (χ1) is 8.74. The molecule has 0 spiro atoms. The Morgan fingerprint density at radius 1 is 1.44 bits per heavy atom. The molecule has 3 rings (SSSR count). The van der Waals surface area contributed by atoms with Gasteiger partial charge in [0.25, 0.3) is 0 Å². The first kappa shape index (κ1) is 12.0. The number of thiazole rings is 1. The smallest absolute Gasteiger partial charge is 0.183 e. The summed E-state index contributed by atoms with van der Waals surface area (Å²) in [7, 11) is 0. The van der Waals surface area contributed by atoms with E-state index in [0.29, 0.717) is 10.5 Å². The molecule has 1 aliphatic rings. The molecule has 1 atom stereocenters. The second-order valence-electron chi connectivity index (χ2n) is 4.72. The van der Waals surface area contributed by atoms with Crippen molar-refractivity contribution in [3.8, 4) is 0 Å². The molecule has 1 unspecified atom stereocenters. The van der Waals surface area contributed by atoms with E-state index in [-0.39, 0.29) is 0 Å². The Bertz CT molecular complexity index is 552. The number of aromatic nitrogens is 1. The predicted octanol–water partition coefficient (Wildman–Crippen LogP) is 4.14. The van der Waals surface area contributed by atoms with E-state index in [2.05, 4.69) is 41.1 Å². The summed E-state index contributed by atoms with van der Waals surface area (Å²) < 4.78 is 0.628. The maximum absolute atomic E-state index is 5.90. The summed E-state index contributed by atoms with van der Waals surface area (Å²) >= 11 is 7.47. The summed E-state index contributed by atoms with van der Waals surface area (Å²) in [6.07, 6.45) is 4.28. The van der Waals surface area contributed by atoms with Gasteiger partial charge in [-0.05, 0) is 31.4 Å². The molecule has 1 aliphatic heterocycles. The Balaban J connectivity index is 1.91. The van der Waals surface area contributed by atoms with Crippen molar-refractivity contribution >= 4 is 28.6 Å². The van der Waals surface area contributed by atoms with E-state index < -0.39 is 0 Å². The van der Waals surface area contributed by atoms with Gasteiger partial charge in [-0.1, -0.05) is 29.8 Å². The van der Waals surface area contributed by atoms with E-state index in [9.17, 15) is 0 Å². The fourth-order valence-corrected chi connectivity index (χ4v) is 3.50. The van der Waals surface area contributed by atoms with Crippen molar-refractivity contribution in [1.82, 2.24) is 4.98 Å². The van der Waals surface area contributed by atoms with Gasteiger partial charge in [0.1, 0.15) is 0 Å². The lowest BCUT2D eigenvalue weighted by Crippen LogP contribution is -2.36. The summed E-state index contributed by atoms with van der Waals surface area (Å²) in [6.45, 7) is 3.20. The second kappa shape index (κ2) is 4.90. The van der Waals surface area contributed by atoms with E-state index in [1.54, 1.807) is 11.3 Å². The molecule has 0 amide bonds. The van der Waals surface area contributed by atoms with Crippen molar-refractivity contribution in [2.75, 3.05) is 4.90 Å². The number of nitrogens with zero attached hydrogens (tertiary/aromatic N) is 2. The lowest BCUT2D eigenvalue weighted by atomic mass is 9.97. The van der Waals surface area contributed by atoms with Crippen LogP contribution in [0.3, 0.4) is 0 Å². The minimum Gasteiger partial charge on any atom is -0.363 e. The summed E-state index contributed by atoms with van der Waals surface area (Å²) in [5.41, 5.74) is 2.81. The molecule has 2 nitrogen and oxygen atoms in total. The van der Waals surface area contributed by atoms with Crippen LogP contribution in [0.25, 0.3) is 0 Å². The first-order valence-corrected chi connectivity index (χ1v) is 7.38. The zero-order chi connectivity index (χ0) is 12.5. The second-order valence-corrected chi connectivity index (χ2v) is 6.42. The summed E-state index contributed by atoms with van der Waals surface area (Å²) in [6, 6.07) is 9.25. The van der Waals surface area contributed by atoms with Gasteiger partial charge >= 0.3 is 0 Å². The van der Waals surface area contributed by atoms with E-state index >= 15 is 0 Å². The van der Waals surface area contributed by atoms with Crippen LogP contribution in [0, 0.1) is 0 Å². The Morgan fingerprint density at radius 3 is 3.06 bits per heavy atom. The van der Waals surface area contributed by atoms with Crippen LogP contribution in [-0.4, -0.2) is 11.0 Å². The van der Waals surface area contributed by atoms with Gasteiger partial charge in [0.15, 0.2) is 4.47 Å². The monoisotopic (exact) mass is 278 g/mol. The average Bonchev–Trinajstić information content (AvgIpc) is 2.79. The third-order valence-corrected chi connectivity index (χ3v) is 4.62. The topological polar surface area (TPSA) is 16.1 Å². The first-order valence-electron chi connectivity index (χ1n) is 6.19. The number of rotatable bonds is 2. The van der Waals surface area contributed by atoms with Crippen LogP contribution < -0.4 is 4.90 Å². The fourth-order valence-electron chi connectivity index (χ4n) is 2.53. The maximum Gasteiger partial charge on any atom is 0.183 e. The van der Waals surface area contributed by atoms with Gasteiger partial charge in [-0.3, -0.25) is 0 Å². The molecule has 1 aromatic carbocycles. The van der Waals surface area contributed by atoms with Gasteiger partial charge in [-0.15, -0.1) is 11.3 Å². The highest BCUT2D eigenvalue weighted by Crippen LogP contribution is 2.32. The number of anilines is 1. The molecule has 94 valence electrons. The molecule has 0 saturated heterocycles. The van der Waals surface area contributed by atoms with Gasteiger partial charge in [0.05, 0.1) is 6.54 Å². The molecule has 4 heteroatoms. The molecular formula is C14H15ClN2S. The third kappa shape index (κ3) is 2.25. The minimum atomic E-state index is 0.570. The summed E-state index contributed by atoms with van der Waals surface area (Å²) in [5.74, 6) is 0. The molecule has 0 bridgehead atoms. The summed E-state index contributed by atoms with van der Waals surface area (Å²) in [5, 5.41) is 0. The van der Waals surface area contributed by atoms with Crippen LogP contribution in [0.15, 0.2) is 30.5 Å². The van der Waals surface area contributed by atoms with Crippen LogP contribution in [0.1, 0.15) is 23.8 Å². The molecule has 0 fully saturated rings. The molecular weight excluding hydrogens is 264 g/mol. The van der Waals surface area contributed by atoms with Crippen molar-refractivity contribution in [3.63, 3.8) is 0 Å². The van der Waals surface area contributed by atoms with Crippen LogP contribution in [0.2, 0.25) is 4.47 Å². The highest BCUT2D eigenvalue weighted by molar-refractivity contribution is 7.15.